The Morgan fingerprint density at radius 2 is 1.62 bits per heavy atom. The van der Waals surface area contributed by atoms with E-state index in [0.29, 0.717) is 32.1 Å². The first-order valence-electron chi connectivity index (χ1n) is 14.2. The highest BCUT2D eigenvalue weighted by Crippen LogP contribution is 2.26. The van der Waals surface area contributed by atoms with Crippen LogP contribution in [0.15, 0.2) is 0 Å². The SMILES string of the molecule is CC(C)C[C@H](NC(=O)[C@@H](N)CS)C(=O)C(=O)N1CCC[C@H]1C(=O)N1CCC[C@H]1C(=O)NC(CCCNC(=N)N)C(=O)O. The Morgan fingerprint density at radius 1 is 1.00 bits per heavy atom. The molecule has 0 aromatic rings. The zero-order valence-electron chi connectivity index (χ0n) is 24.1. The molecular weight excluding hydrogens is 568 g/mol. The van der Waals surface area contributed by atoms with Crippen molar-refractivity contribution in [1.29, 1.82) is 5.41 Å². The molecule has 1 unspecified atom stereocenters. The number of carboxylic acids is 1. The van der Waals surface area contributed by atoms with Crippen LogP contribution in [0.3, 0.4) is 0 Å². The summed E-state index contributed by atoms with van der Waals surface area (Å²) >= 11 is 4.00. The quantitative estimate of drug-likeness (QED) is 0.0338. The number of nitrogens with zero attached hydrogens (tertiary/aromatic N) is 2. The fraction of sp³-hybridized carbons (Fsp3) is 0.731. The van der Waals surface area contributed by atoms with Crippen LogP contribution in [0.2, 0.25) is 0 Å². The number of carboxylic acid groups (broad SMARTS) is 1. The normalized spacial score (nSPS) is 20.5. The van der Waals surface area contributed by atoms with E-state index in [-0.39, 0.29) is 50.1 Å². The summed E-state index contributed by atoms with van der Waals surface area (Å²) < 4.78 is 0. The molecule has 0 spiro atoms. The first-order chi connectivity index (χ1) is 19.8. The van der Waals surface area contributed by atoms with Crippen molar-refractivity contribution in [2.24, 2.45) is 17.4 Å². The van der Waals surface area contributed by atoms with E-state index in [1.807, 2.05) is 13.8 Å². The van der Waals surface area contributed by atoms with E-state index in [1.54, 1.807) is 0 Å². The second-order valence-electron chi connectivity index (χ2n) is 11.1. The predicted octanol–water partition coefficient (Wildman–Crippen LogP) is -1.84. The lowest BCUT2D eigenvalue weighted by atomic mass is 9.98. The van der Waals surface area contributed by atoms with E-state index in [1.165, 1.54) is 9.80 Å². The van der Waals surface area contributed by atoms with Crippen molar-refractivity contribution in [3.63, 3.8) is 0 Å². The van der Waals surface area contributed by atoms with Crippen LogP contribution in [0.5, 0.6) is 0 Å². The lowest BCUT2D eigenvalue weighted by Crippen LogP contribution is -2.57. The Hall–Kier alpha value is -3.40. The minimum absolute atomic E-state index is 0.0285. The summed E-state index contributed by atoms with van der Waals surface area (Å²) in [4.78, 5) is 80.0. The third-order valence-electron chi connectivity index (χ3n) is 7.32. The van der Waals surface area contributed by atoms with Crippen LogP contribution in [-0.4, -0.2) is 112 Å². The molecule has 2 aliphatic rings. The van der Waals surface area contributed by atoms with E-state index in [9.17, 15) is 33.9 Å². The smallest absolute Gasteiger partial charge is 0.326 e. The average molecular weight is 613 g/mol. The van der Waals surface area contributed by atoms with E-state index in [4.69, 9.17) is 16.9 Å². The summed E-state index contributed by atoms with van der Waals surface area (Å²) in [7, 11) is 0. The summed E-state index contributed by atoms with van der Waals surface area (Å²) in [5.74, 6) is -4.88. The molecule has 2 fully saturated rings. The number of carbonyl (C=O) groups excluding carboxylic acids is 5. The van der Waals surface area contributed by atoms with Gasteiger partial charge in [0.15, 0.2) is 5.96 Å². The first-order valence-corrected chi connectivity index (χ1v) is 14.8. The van der Waals surface area contributed by atoms with Gasteiger partial charge < -0.3 is 42.3 Å². The molecule has 236 valence electrons. The van der Waals surface area contributed by atoms with Crippen LogP contribution >= 0.6 is 12.6 Å². The van der Waals surface area contributed by atoms with E-state index >= 15 is 0 Å². The number of likely N-dealkylation sites (tertiary alicyclic amines) is 2. The van der Waals surface area contributed by atoms with Gasteiger partial charge in [-0.3, -0.25) is 29.4 Å². The van der Waals surface area contributed by atoms with Gasteiger partial charge in [0.1, 0.15) is 18.1 Å². The van der Waals surface area contributed by atoms with Crippen LogP contribution in [0.25, 0.3) is 0 Å². The molecule has 0 aromatic carbocycles. The van der Waals surface area contributed by atoms with Crippen molar-refractivity contribution in [1.82, 2.24) is 25.8 Å². The Balaban J connectivity index is 2.11. The van der Waals surface area contributed by atoms with Crippen molar-refractivity contribution in [3.8, 4) is 0 Å². The number of nitrogens with two attached hydrogens (primary N) is 2. The van der Waals surface area contributed by atoms with Crippen LogP contribution in [0.1, 0.15) is 58.8 Å². The fourth-order valence-electron chi connectivity index (χ4n) is 5.17. The summed E-state index contributed by atoms with van der Waals surface area (Å²) in [5, 5.41) is 24.4. The third kappa shape index (κ3) is 9.58. The molecule has 0 saturated carbocycles. The fourth-order valence-corrected chi connectivity index (χ4v) is 5.34. The van der Waals surface area contributed by atoms with Gasteiger partial charge in [-0.1, -0.05) is 13.8 Å². The summed E-state index contributed by atoms with van der Waals surface area (Å²) in [6, 6.07) is -5.15. The second kappa shape index (κ2) is 16.3. The lowest BCUT2D eigenvalue weighted by molar-refractivity contribution is -0.152. The van der Waals surface area contributed by atoms with E-state index in [0.717, 1.165) is 0 Å². The number of thiol groups is 1. The second-order valence-corrected chi connectivity index (χ2v) is 11.4. The number of amides is 4. The van der Waals surface area contributed by atoms with Gasteiger partial charge in [-0.2, -0.15) is 12.6 Å². The molecule has 2 heterocycles. The number of hydrogen-bond donors (Lipinski definition) is 8. The van der Waals surface area contributed by atoms with Crippen molar-refractivity contribution >= 4 is 54.0 Å². The van der Waals surface area contributed by atoms with Gasteiger partial charge in [-0.15, -0.1) is 0 Å². The zero-order chi connectivity index (χ0) is 31.6. The molecule has 0 aliphatic carbocycles. The topological polar surface area (TPSA) is 241 Å². The van der Waals surface area contributed by atoms with Crippen LogP contribution in [0.4, 0.5) is 0 Å². The highest BCUT2D eigenvalue weighted by Gasteiger charge is 2.44. The molecule has 2 aliphatic heterocycles. The number of aliphatic carboxylic acids is 1. The molecule has 0 radical (unpaired) electrons. The van der Waals surface area contributed by atoms with Gasteiger partial charge in [0.25, 0.3) is 5.91 Å². The van der Waals surface area contributed by atoms with E-state index in [2.05, 4.69) is 28.6 Å². The molecule has 9 N–H and O–H groups in total. The number of rotatable bonds is 15. The molecule has 0 aromatic heterocycles. The molecule has 15 nitrogen and oxygen atoms in total. The van der Waals surface area contributed by atoms with Gasteiger partial charge in [-0.05, 0) is 50.9 Å². The number of carbonyl (C=O) groups is 6. The highest BCUT2D eigenvalue weighted by atomic mass is 32.1. The molecule has 4 amide bonds. The first kappa shape index (κ1) is 34.8. The van der Waals surface area contributed by atoms with Crippen LogP contribution in [0, 0.1) is 11.3 Å². The standard InChI is InChI=1S/C26H44N8O7S/c1-14(2)12-17(32-21(36)15(27)13-42)20(35)24(39)34-11-5-8-19(34)23(38)33-10-4-7-18(33)22(37)31-16(25(40)41)6-3-9-30-26(28)29/h14-19,42H,3-13,27H2,1-2H3,(H,31,37)(H,32,36)(H,40,41)(H4,28,29,30)/t15-,16?,17-,18-,19-/m0/s1. The minimum atomic E-state index is -1.23. The highest BCUT2D eigenvalue weighted by molar-refractivity contribution is 7.80. The van der Waals surface area contributed by atoms with Gasteiger partial charge in [0.2, 0.25) is 23.5 Å². The Kier molecular flexibility index (Phi) is 13.5. The summed E-state index contributed by atoms with van der Waals surface area (Å²) in [6.45, 7) is 4.36. The Labute approximate surface area is 250 Å². The van der Waals surface area contributed by atoms with Crippen molar-refractivity contribution in [2.45, 2.75) is 89.0 Å². The number of guanidine groups is 1. The van der Waals surface area contributed by atoms with Gasteiger partial charge >= 0.3 is 5.97 Å². The van der Waals surface area contributed by atoms with Gasteiger partial charge in [-0.25, -0.2) is 4.79 Å². The Morgan fingerprint density at radius 3 is 2.19 bits per heavy atom. The number of ketones is 1. The monoisotopic (exact) mass is 612 g/mol. The number of Topliss-reactive ketones (excluding diaryl/α,β-unsaturated/α-hetero) is 1. The molecule has 16 heteroatoms. The third-order valence-corrected chi connectivity index (χ3v) is 7.71. The minimum Gasteiger partial charge on any atom is -0.480 e. The maximum atomic E-state index is 13.6. The van der Waals surface area contributed by atoms with Crippen molar-refractivity contribution in [2.75, 3.05) is 25.4 Å². The molecule has 5 atom stereocenters. The number of hydrogen-bond acceptors (Lipinski definition) is 9. The zero-order valence-corrected chi connectivity index (χ0v) is 25.0. The van der Waals surface area contributed by atoms with Crippen molar-refractivity contribution in [3.05, 3.63) is 0 Å². The average Bonchev–Trinajstić information content (AvgIpc) is 3.62. The maximum Gasteiger partial charge on any atom is 0.326 e. The molecule has 2 rings (SSSR count). The summed E-state index contributed by atoms with van der Waals surface area (Å²) in [6.07, 6.45) is 2.22. The summed E-state index contributed by atoms with van der Waals surface area (Å²) in [5.41, 5.74) is 10.9. The van der Waals surface area contributed by atoms with Crippen LogP contribution in [-0.2, 0) is 28.8 Å². The lowest BCUT2D eigenvalue weighted by Gasteiger charge is -2.32. The predicted molar refractivity (Wildman–Crippen MR) is 156 cm³/mol. The van der Waals surface area contributed by atoms with E-state index < -0.39 is 65.6 Å². The largest absolute Gasteiger partial charge is 0.480 e. The maximum absolute atomic E-state index is 13.6. The number of nitrogens with one attached hydrogen (secondary N) is 4. The molecule has 2 saturated heterocycles. The van der Waals surface area contributed by atoms with Crippen LogP contribution < -0.4 is 27.4 Å². The Bertz CT molecular complexity index is 1040. The molecule has 0 bridgehead atoms. The van der Waals surface area contributed by atoms with Gasteiger partial charge in [0.05, 0.1) is 12.1 Å². The van der Waals surface area contributed by atoms with Crippen molar-refractivity contribution < 1.29 is 33.9 Å². The van der Waals surface area contributed by atoms with Gasteiger partial charge in [0, 0.05) is 25.4 Å². The molecule has 42 heavy (non-hydrogen) atoms. The molecular formula is C26H44N8O7S.